The number of rotatable bonds is 4. The summed E-state index contributed by atoms with van der Waals surface area (Å²) in [6.07, 6.45) is -4.72. The number of nitrogens with one attached hydrogen (secondary N) is 1. The fraction of sp³-hybridized carbons (Fsp3) is 0.231. The molecule has 3 rings (SSSR count). The average molecular weight is 373 g/mol. The van der Waals surface area contributed by atoms with Gasteiger partial charge >= 0.3 is 6.18 Å². The Labute approximate surface area is 142 Å². The van der Waals surface area contributed by atoms with Crippen LogP contribution in [0.25, 0.3) is 4.96 Å². The third-order valence-corrected chi connectivity index (χ3v) is 3.99. The van der Waals surface area contributed by atoms with Crippen LogP contribution in [-0.4, -0.2) is 39.9 Å². The number of benzene rings is 1. The third-order valence-electron chi connectivity index (χ3n) is 3.10. The van der Waals surface area contributed by atoms with Gasteiger partial charge in [0.2, 0.25) is 9.97 Å². The fourth-order valence-corrected chi connectivity index (χ4v) is 2.70. The number of carbonyl (C=O) groups is 1. The minimum absolute atomic E-state index is 0.140. The Bertz CT molecular complexity index is 937. The van der Waals surface area contributed by atoms with E-state index >= 15 is 0 Å². The maximum absolute atomic E-state index is 12.8. The van der Waals surface area contributed by atoms with Crippen molar-refractivity contribution in [3.05, 3.63) is 29.0 Å². The molecule has 12 heteroatoms. The van der Waals surface area contributed by atoms with Crippen LogP contribution in [0.5, 0.6) is 11.5 Å². The molecule has 8 nitrogen and oxygen atoms in total. The lowest BCUT2D eigenvalue weighted by atomic mass is 10.2. The second-order valence-corrected chi connectivity index (χ2v) is 5.60. The zero-order chi connectivity index (χ0) is 18.2. The van der Waals surface area contributed by atoms with Gasteiger partial charge in [-0.05, 0) is 12.1 Å². The molecule has 0 spiro atoms. The van der Waals surface area contributed by atoms with E-state index < -0.39 is 17.9 Å². The van der Waals surface area contributed by atoms with Crippen molar-refractivity contribution in [2.24, 2.45) is 0 Å². The Balaban J connectivity index is 1.89. The number of fused-ring (bicyclic) bond motifs is 1. The second-order valence-electron chi connectivity index (χ2n) is 4.64. The Hall–Kier alpha value is -2.89. The van der Waals surface area contributed by atoms with Gasteiger partial charge in [0.25, 0.3) is 11.7 Å². The first kappa shape index (κ1) is 17.0. The van der Waals surface area contributed by atoms with E-state index in [-0.39, 0.29) is 9.97 Å². The first-order valence-electron chi connectivity index (χ1n) is 6.66. The molecule has 25 heavy (non-hydrogen) atoms. The topological polar surface area (TPSA) is 90.6 Å². The van der Waals surface area contributed by atoms with Gasteiger partial charge in [0.15, 0.2) is 0 Å². The molecule has 0 aliphatic carbocycles. The number of anilines is 1. The normalized spacial score (nSPS) is 11.6. The molecule has 2 heterocycles. The summed E-state index contributed by atoms with van der Waals surface area (Å²) in [7, 11) is 2.88. The Morgan fingerprint density at radius 3 is 2.64 bits per heavy atom. The van der Waals surface area contributed by atoms with E-state index in [1.807, 2.05) is 0 Å². The molecule has 0 atom stereocenters. The van der Waals surface area contributed by atoms with E-state index in [0.717, 1.165) is 0 Å². The molecule has 0 unspecified atom stereocenters. The van der Waals surface area contributed by atoms with Gasteiger partial charge in [-0.1, -0.05) is 11.3 Å². The SMILES string of the molecule is COc1ccc(NC(=O)c2nn3c(C(F)(F)F)nnc3s2)c(OC)c1. The number of hydrogen-bond donors (Lipinski definition) is 1. The van der Waals surface area contributed by atoms with Gasteiger partial charge in [-0.2, -0.15) is 17.7 Å². The standard InChI is InChI=1S/C13H10F3N5O3S/c1-23-6-3-4-7(8(5-6)24-2)17-9(22)10-20-21-11(13(14,15)16)18-19-12(21)25-10/h3-5H,1-2H3,(H,17,22). The molecule has 0 saturated carbocycles. The number of carbonyl (C=O) groups excluding carboxylic acids is 1. The minimum atomic E-state index is -4.72. The van der Waals surface area contributed by atoms with Crippen LogP contribution in [0, 0.1) is 0 Å². The second kappa shape index (κ2) is 6.20. The fourth-order valence-electron chi connectivity index (χ4n) is 1.96. The summed E-state index contributed by atoms with van der Waals surface area (Å²) in [5.41, 5.74) is 0.315. The first-order valence-corrected chi connectivity index (χ1v) is 7.48. The monoisotopic (exact) mass is 373 g/mol. The average Bonchev–Trinajstić information content (AvgIpc) is 3.14. The third kappa shape index (κ3) is 3.20. The van der Waals surface area contributed by atoms with Crippen molar-refractivity contribution in [3.63, 3.8) is 0 Å². The van der Waals surface area contributed by atoms with Crippen molar-refractivity contribution in [1.82, 2.24) is 19.8 Å². The predicted molar refractivity (Wildman–Crippen MR) is 81.2 cm³/mol. The molecule has 0 bridgehead atoms. The van der Waals surface area contributed by atoms with E-state index in [9.17, 15) is 18.0 Å². The molecule has 3 aromatic rings. The summed E-state index contributed by atoms with van der Waals surface area (Å²) in [5, 5.41) is 12.4. The largest absolute Gasteiger partial charge is 0.497 e. The Kier molecular flexibility index (Phi) is 4.20. The molecule has 1 N–H and O–H groups in total. The number of aromatic nitrogens is 4. The molecule has 0 radical (unpaired) electrons. The van der Waals surface area contributed by atoms with Gasteiger partial charge in [-0.3, -0.25) is 4.79 Å². The van der Waals surface area contributed by atoms with Crippen LogP contribution in [0.2, 0.25) is 0 Å². The van der Waals surface area contributed by atoms with Crippen LogP contribution in [-0.2, 0) is 6.18 Å². The summed E-state index contributed by atoms with van der Waals surface area (Å²) in [6, 6.07) is 4.69. The lowest BCUT2D eigenvalue weighted by molar-refractivity contribution is -0.146. The molecular formula is C13H10F3N5O3S. The van der Waals surface area contributed by atoms with Crippen molar-refractivity contribution < 1.29 is 27.4 Å². The molecule has 1 aromatic carbocycles. The van der Waals surface area contributed by atoms with Crippen LogP contribution >= 0.6 is 11.3 Å². The number of alkyl halides is 3. The first-order chi connectivity index (χ1) is 11.8. The van der Waals surface area contributed by atoms with Crippen LogP contribution in [0.15, 0.2) is 18.2 Å². The van der Waals surface area contributed by atoms with Crippen molar-refractivity contribution in [2.45, 2.75) is 6.18 Å². The van der Waals surface area contributed by atoms with E-state index in [1.54, 1.807) is 12.1 Å². The Morgan fingerprint density at radius 2 is 2.00 bits per heavy atom. The van der Waals surface area contributed by atoms with Crippen molar-refractivity contribution in [1.29, 1.82) is 0 Å². The van der Waals surface area contributed by atoms with Crippen LogP contribution < -0.4 is 14.8 Å². The number of ether oxygens (including phenoxy) is 2. The molecule has 132 valence electrons. The zero-order valence-electron chi connectivity index (χ0n) is 12.8. The van der Waals surface area contributed by atoms with E-state index in [4.69, 9.17) is 9.47 Å². The maximum atomic E-state index is 12.8. The van der Waals surface area contributed by atoms with Crippen molar-refractivity contribution in [2.75, 3.05) is 19.5 Å². The molecule has 0 saturated heterocycles. The minimum Gasteiger partial charge on any atom is -0.497 e. The molecule has 0 fully saturated rings. The zero-order valence-corrected chi connectivity index (χ0v) is 13.6. The Morgan fingerprint density at radius 1 is 1.24 bits per heavy atom. The van der Waals surface area contributed by atoms with E-state index in [1.165, 1.54) is 20.3 Å². The van der Waals surface area contributed by atoms with Crippen molar-refractivity contribution in [3.8, 4) is 11.5 Å². The number of amides is 1. The number of halogens is 3. The van der Waals surface area contributed by atoms with Gasteiger partial charge in [0.1, 0.15) is 11.5 Å². The highest BCUT2D eigenvalue weighted by atomic mass is 32.1. The van der Waals surface area contributed by atoms with Gasteiger partial charge in [0, 0.05) is 6.07 Å². The highest BCUT2D eigenvalue weighted by Gasteiger charge is 2.38. The summed E-state index contributed by atoms with van der Waals surface area (Å²) in [6.45, 7) is 0. The molecular weight excluding hydrogens is 363 g/mol. The smallest absolute Gasteiger partial charge is 0.453 e. The molecule has 0 aliphatic heterocycles. The summed E-state index contributed by atoms with van der Waals surface area (Å²) < 4.78 is 49.1. The molecule has 2 aromatic heterocycles. The van der Waals surface area contributed by atoms with E-state index in [2.05, 4.69) is 20.6 Å². The van der Waals surface area contributed by atoms with Crippen molar-refractivity contribution >= 4 is 27.9 Å². The number of methoxy groups -OCH3 is 2. The van der Waals surface area contributed by atoms with Gasteiger partial charge < -0.3 is 14.8 Å². The summed E-state index contributed by atoms with van der Waals surface area (Å²) in [4.78, 5) is 12.1. The van der Waals surface area contributed by atoms with Crippen LogP contribution in [0.3, 0.4) is 0 Å². The molecule has 0 aliphatic rings. The van der Waals surface area contributed by atoms with Crippen LogP contribution in [0.1, 0.15) is 15.6 Å². The number of hydrogen-bond acceptors (Lipinski definition) is 7. The van der Waals surface area contributed by atoms with Gasteiger partial charge in [-0.25, -0.2) is 0 Å². The van der Waals surface area contributed by atoms with Crippen LogP contribution in [0.4, 0.5) is 18.9 Å². The predicted octanol–water partition coefficient (Wildman–Crippen LogP) is 2.47. The highest BCUT2D eigenvalue weighted by Crippen LogP contribution is 2.31. The summed E-state index contributed by atoms with van der Waals surface area (Å²) >= 11 is 0.683. The summed E-state index contributed by atoms with van der Waals surface area (Å²) in [5.74, 6) is -1.15. The van der Waals surface area contributed by atoms with E-state index in [0.29, 0.717) is 33.0 Å². The lowest BCUT2D eigenvalue weighted by Crippen LogP contribution is -2.15. The lowest BCUT2D eigenvalue weighted by Gasteiger charge is -2.10. The maximum Gasteiger partial charge on any atom is 0.453 e. The molecule has 1 amide bonds. The van der Waals surface area contributed by atoms with Gasteiger partial charge in [0.05, 0.1) is 19.9 Å². The highest BCUT2D eigenvalue weighted by molar-refractivity contribution is 7.18. The number of nitrogens with zero attached hydrogens (tertiary/aromatic N) is 4. The quantitative estimate of drug-likeness (QED) is 0.756. The van der Waals surface area contributed by atoms with Gasteiger partial charge in [-0.15, -0.1) is 15.3 Å².